The molecule has 110 valence electrons. The van der Waals surface area contributed by atoms with Crippen molar-refractivity contribution in [3.05, 3.63) is 59.5 Å². The van der Waals surface area contributed by atoms with Crippen molar-refractivity contribution in [2.24, 2.45) is 0 Å². The standard InChI is InChI=1S/C16H18FN3O/c1-11(12-7-4-5-9-14(12)17)20(3)16(21)13-8-6-10-19-15(13)18-2/h4-11H,1-3H3,(H,18,19). The maximum absolute atomic E-state index is 13.8. The number of amides is 1. The summed E-state index contributed by atoms with van der Waals surface area (Å²) < 4.78 is 13.8. The van der Waals surface area contributed by atoms with E-state index in [1.165, 1.54) is 11.0 Å². The van der Waals surface area contributed by atoms with Crippen LogP contribution in [0.15, 0.2) is 42.6 Å². The molecule has 1 heterocycles. The van der Waals surface area contributed by atoms with E-state index in [-0.39, 0.29) is 17.8 Å². The van der Waals surface area contributed by atoms with Gasteiger partial charge in [-0.15, -0.1) is 0 Å². The average Bonchev–Trinajstić information content (AvgIpc) is 2.53. The second kappa shape index (κ2) is 6.35. The van der Waals surface area contributed by atoms with Crippen molar-refractivity contribution in [2.75, 3.05) is 19.4 Å². The number of carbonyl (C=O) groups is 1. The number of aromatic nitrogens is 1. The van der Waals surface area contributed by atoms with Crippen LogP contribution in [0.2, 0.25) is 0 Å². The summed E-state index contributed by atoms with van der Waals surface area (Å²) in [6.45, 7) is 1.80. The predicted molar refractivity (Wildman–Crippen MR) is 80.7 cm³/mol. The Morgan fingerprint density at radius 1 is 1.29 bits per heavy atom. The van der Waals surface area contributed by atoms with Crippen molar-refractivity contribution < 1.29 is 9.18 Å². The quantitative estimate of drug-likeness (QED) is 0.940. The Bertz CT molecular complexity index is 645. The van der Waals surface area contributed by atoms with Gasteiger partial charge in [0.05, 0.1) is 11.6 Å². The Balaban J connectivity index is 2.29. The van der Waals surface area contributed by atoms with Crippen LogP contribution in [0.1, 0.15) is 28.9 Å². The van der Waals surface area contributed by atoms with Crippen LogP contribution < -0.4 is 5.32 Å². The number of nitrogens with zero attached hydrogens (tertiary/aromatic N) is 2. The average molecular weight is 287 g/mol. The van der Waals surface area contributed by atoms with Gasteiger partial charge in [0.15, 0.2) is 0 Å². The number of hydrogen-bond donors (Lipinski definition) is 1. The molecule has 21 heavy (non-hydrogen) atoms. The van der Waals surface area contributed by atoms with E-state index in [9.17, 15) is 9.18 Å². The molecule has 1 atom stereocenters. The van der Waals surface area contributed by atoms with Crippen LogP contribution >= 0.6 is 0 Å². The number of pyridine rings is 1. The zero-order valence-electron chi connectivity index (χ0n) is 12.3. The predicted octanol–water partition coefficient (Wildman–Crippen LogP) is 3.10. The molecule has 0 saturated carbocycles. The second-order valence-electron chi connectivity index (χ2n) is 4.76. The van der Waals surface area contributed by atoms with Gasteiger partial charge in [-0.05, 0) is 25.1 Å². The van der Waals surface area contributed by atoms with Crippen LogP contribution in [0.4, 0.5) is 10.2 Å². The Labute approximate surface area is 123 Å². The van der Waals surface area contributed by atoms with Gasteiger partial charge >= 0.3 is 0 Å². The first kappa shape index (κ1) is 15.0. The molecule has 0 aliphatic carbocycles. The van der Waals surface area contributed by atoms with Crippen LogP contribution in [-0.4, -0.2) is 29.9 Å². The third-order valence-electron chi connectivity index (χ3n) is 3.53. The number of carbonyl (C=O) groups excluding carboxylic acids is 1. The van der Waals surface area contributed by atoms with E-state index in [1.807, 2.05) is 0 Å². The summed E-state index contributed by atoms with van der Waals surface area (Å²) in [7, 11) is 3.37. The minimum absolute atomic E-state index is 0.205. The molecule has 0 aliphatic heterocycles. The third-order valence-corrected chi connectivity index (χ3v) is 3.53. The molecule has 1 aromatic carbocycles. The molecule has 0 fully saturated rings. The third kappa shape index (κ3) is 3.02. The highest BCUT2D eigenvalue weighted by Gasteiger charge is 2.23. The van der Waals surface area contributed by atoms with Gasteiger partial charge in [0, 0.05) is 25.9 Å². The molecular weight excluding hydrogens is 269 g/mol. The lowest BCUT2D eigenvalue weighted by atomic mass is 10.1. The normalized spacial score (nSPS) is 11.8. The summed E-state index contributed by atoms with van der Waals surface area (Å²) in [5, 5.41) is 2.89. The van der Waals surface area contributed by atoms with Crippen LogP contribution in [-0.2, 0) is 0 Å². The van der Waals surface area contributed by atoms with Gasteiger partial charge in [-0.1, -0.05) is 18.2 Å². The lowest BCUT2D eigenvalue weighted by molar-refractivity contribution is 0.0741. The zero-order chi connectivity index (χ0) is 15.4. The maximum Gasteiger partial charge on any atom is 0.257 e. The van der Waals surface area contributed by atoms with Crippen molar-refractivity contribution >= 4 is 11.7 Å². The molecule has 2 rings (SSSR count). The summed E-state index contributed by atoms with van der Waals surface area (Å²) in [4.78, 5) is 18.2. The molecule has 1 N–H and O–H groups in total. The second-order valence-corrected chi connectivity index (χ2v) is 4.76. The van der Waals surface area contributed by atoms with Crippen LogP contribution in [0.25, 0.3) is 0 Å². The lowest BCUT2D eigenvalue weighted by Gasteiger charge is -2.26. The van der Waals surface area contributed by atoms with Gasteiger partial charge in [0.1, 0.15) is 11.6 Å². The Hall–Kier alpha value is -2.43. The Morgan fingerprint density at radius 3 is 2.67 bits per heavy atom. The highest BCUT2D eigenvalue weighted by molar-refractivity contribution is 5.98. The summed E-state index contributed by atoms with van der Waals surface area (Å²) >= 11 is 0. The molecule has 0 aliphatic rings. The molecule has 1 amide bonds. The minimum atomic E-state index is -0.372. The largest absolute Gasteiger partial charge is 0.372 e. The SMILES string of the molecule is CNc1ncccc1C(=O)N(C)C(C)c1ccccc1F. The van der Waals surface area contributed by atoms with Crippen molar-refractivity contribution in [3.63, 3.8) is 0 Å². The van der Waals surface area contributed by atoms with Crippen molar-refractivity contribution in [3.8, 4) is 0 Å². The topological polar surface area (TPSA) is 45.2 Å². The first-order chi connectivity index (χ1) is 10.1. The molecule has 0 spiro atoms. The van der Waals surface area contributed by atoms with Gasteiger partial charge in [-0.25, -0.2) is 9.37 Å². The van der Waals surface area contributed by atoms with E-state index in [0.717, 1.165) is 0 Å². The smallest absolute Gasteiger partial charge is 0.257 e. The van der Waals surface area contributed by atoms with Gasteiger partial charge < -0.3 is 10.2 Å². The number of halogens is 1. The van der Waals surface area contributed by atoms with Gasteiger partial charge in [-0.3, -0.25) is 4.79 Å². The summed E-state index contributed by atoms with van der Waals surface area (Å²) in [5.74, 6) is -0.0111. The fourth-order valence-corrected chi connectivity index (χ4v) is 2.17. The molecule has 1 aromatic heterocycles. The Morgan fingerprint density at radius 2 is 2.00 bits per heavy atom. The number of nitrogens with one attached hydrogen (secondary N) is 1. The van der Waals surface area contributed by atoms with Gasteiger partial charge in [-0.2, -0.15) is 0 Å². The first-order valence-corrected chi connectivity index (χ1v) is 6.70. The van der Waals surface area contributed by atoms with E-state index in [2.05, 4.69) is 10.3 Å². The van der Waals surface area contributed by atoms with E-state index in [0.29, 0.717) is 16.9 Å². The molecule has 0 radical (unpaired) electrons. The van der Waals surface area contributed by atoms with Crippen molar-refractivity contribution in [2.45, 2.75) is 13.0 Å². The van der Waals surface area contributed by atoms with Gasteiger partial charge in [0.25, 0.3) is 5.91 Å². The van der Waals surface area contributed by atoms with Crippen molar-refractivity contribution in [1.29, 1.82) is 0 Å². The molecule has 2 aromatic rings. The van der Waals surface area contributed by atoms with Crippen LogP contribution in [0, 0.1) is 5.82 Å². The number of hydrogen-bond acceptors (Lipinski definition) is 3. The summed E-state index contributed by atoms with van der Waals surface area (Å²) in [5.41, 5.74) is 0.953. The monoisotopic (exact) mass is 287 g/mol. The van der Waals surface area contributed by atoms with Crippen LogP contribution in [0.3, 0.4) is 0 Å². The van der Waals surface area contributed by atoms with E-state index < -0.39 is 0 Å². The number of anilines is 1. The summed E-state index contributed by atoms with van der Waals surface area (Å²) in [6, 6.07) is 9.51. The van der Waals surface area contributed by atoms with Crippen LogP contribution in [0.5, 0.6) is 0 Å². The minimum Gasteiger partial charge on any atom is -0.372 e. The molecule has 4 nitrogen and oxygen atoms in total. The lowest BCUT2D eigenvalue weighted by Crippen LogP contribution is -2.30. The van der Waals surface area contributed by atoms with E-state index in [4.69, 9.17) is 0 Å². The number of benzene rings is 1. The van der Waals surface area contributed by atoms with E-state index in [1.54, 1.807) is 57.5 Å². The number of rotatable bonds is 4. The maximum atomic E-state index is 13.8. The van der Waals surface area contributed by atoms with Crippen molar-refractivity contribution in [1.82, 2.24) is 9.88 Å². The van der Waals surface area contributed by atoms with Gasteiger partial charge in [0.2, 0.25) is 0 Å². The zero-order valence-corrected chi connectivity index (χ0v) is 12.3. The van der Waals surface area contributed by atoms with E-state index >= 15 is 0 Å². The molecule has 0 bridgehead atoms. The first-order valence-electron chi connectivity index (χ1n) is 6.70. The molecule has 0 saturated heterocycles. The highest BCUT2D eigenvalue weighted by Crippen LogP contribution is 2.24. The fourth-order valence-electron chi connectivity index (χ4n) is 2.17. The summed E-state index contributed by atoms with van der Waals surface area (Å²) in [6.07, 6.45) is 1.61. The Kier molecular flexibility index (Phi) is 4.52. The molecule has 5 heteroatoms. The molecule has 1 unspecified atom stereocenters. The fraction of sp³-hybridized carbons (Fsp3) is 0.250. The highest BCUT2D eigenvalue weighted by atomic mass is 19.1. The molecular formula is C16H18FN3O.